The van der Waals surface area contributed by atoms with Gasteiger partial charge in [0, 0.05) is 29.9 Å². The van der Waals surface area contributed by atoms with Gasteiger partial charge in [0.05, 0.1) is 5.69 Å². The molecule has 0 aliphatic heterocycles. The number of halogens is 1. The Kier molecular flexibility index (Phi) is 4.18. The monoisotopic (exact) mass is 262 g/mol. The molecule has 2 aromatic rings. The number of aromatic hydroxyl groups is 1. The molecule has 1 aromatic carbocycles. The van der Waals surface area contributed by atoms with Crippen molar-refractivity contribution in [2.45, 2.75) is 20.0 Å². The standard InChI is InChI=1S/C14H15ClN2O/c1-10-3-2-6-17-13(10)9-16-8-11-7-12(15)4-5-14(11)18/h2-7,16,18H,8-9H2,1H3. The molecule has 0 aliphatic rings. The second-order valence-electron chi connectivity index (χ2n) is 4.14. The van der Waals surface area contributed by atoms with Gasteiger partial charge in [0.15, 0.2) is 0 Å². The minimum absolute atomic E-state index is 0.254. The molecule has 2 rings (SSSR count). The van der Waals surface area contributed by atoms with Crippen molar-refractivity contribution >= 4 is 11.6 Å². The molecule has 0 amide bonds. The first-order valence-electron chi connectivity index (χ1n) is 5.75. The molecule has 3 nitrogen and oxygen atoms in total. The molecule has 1 aromatic heterocycles. The van der Waals surface area contributed by atoms with Crippen LogP contribution in [0.4, 0.5) is 0 Å². The molecule has 94 valence electrons. The number of aromatic nitrogens is 1. The molecule has 0 bridgehead atoms. The second kappa shape index (κ2) is 5.85. The second-order valence-corrected chi connectivity index (χ2v) is 4.58. The summed E-state index contributed by atoms with van der Waals surface area (Å²) in [6.45, 7) is 3.25. The smallest absolute Gasteiger partial charge is 0.120 e. The maximum absolute atomic E-state index is 9.67. The number of aryl methyl sites for hydroxylation is 1. The van der Waals surface area contributed by atoms with Gasteiger partial charge in [-0.2, -0.15) is 0 Å². The average molecular weight is 263 g/mol. The van der Waals surface area contributed by atoms with Gasteiger partial charge in [-0.3, -0.25) is 4.98 Å². The van der Waals surface area contributed by atoms with E-state index in [1.165, 1.54) is 0 Å². The predicted molar refractivity (Wildman–Crippen MR) is 72.6 cm³/mol. The highest BCUT2D eigenvalue weighted by molar-refractivity contribution is 6.30. The summed E-state index contributed by atoms with van der Waals surface area (Å²) in [7, 11) is 0. The van der Waals surface area contributed by atoms with Crippen molar-refractivity contribution in [3.8, 4) is 5.75 Å². The van der Waals surface area contributed by atoms with Crippen molar-refractivity contribution in [1.82, 2.24) is 10.3 Å². The van der Waals surface area contributed by atoms with Gasteiger partial charge in [-0.15, -0.1) is 0 Å². The maximum Gasteiger partial charge on any atom is 0.120 e. The van der Waals surface area contributed by atoms with Crippen LogP contribution in [0.1, 0.15) is 16.8 Å². The summed E-state index contributed by atoms with van der Waals surface area (Å²) in [5, 5.41) is 13.5. The third kappa shape index (κ3) is 3.22. The normalized spacial score (nSPS) is 10.6. The third-order valence-corrected chi connectivity index (χ3v) is 3.00. The van der Waals surface area contributed by atoms with Crippen LogP contribution in [-0.4, -0.2) is 10.1 Å². The predicted octanol–water partition coefficient (Wildman–Crippen LogP) is 3.04. The summed E-state index contributed by atoms with van der Waals surface area (Å²) in [4.78, 5) is 4.30. The van der Waals surface area contributed by atoms with E-state index in [-0.39, 0.29) is 5.75 Å². The zero-order valence-electron chi connectivity index (χ0n) is 10.2. The number of rotatable bonds is 4. The molecule has 0 unspecified atom stereocenters. The lowest BCUT2D eigenvalue weighted by atomic mass is 10.2. The largest absolute Gasteiger partial charge is 0.508 e. The van der Waals surface area contributed by atoms with Gasteiger partial charge in [0.1, 0.15) is 5.75 Å². The van der Waals surface area contributed by atoms with Gasteiger partial charge in [0.2, 0.25) is 0 Å². The van der Waals surface area contributed by atoms with Crippen LogP contribution in [0, 0.1) is 6.92 Å². The minimum atomic E-state index is 0.254. The highest BCUT2D eigenvalue weighted by Crippen LogP contribution is 2.21. The molecule has 0 radical (unpaired) electrons. The van der Waals surface area contributed by atoms with Gasteiger partial charge >= 0.3 is 0 Å². The van der Waals surface area contributed by atoms with E-state index in [4.69, 9.17) is 11.6 Å². The molecule has 18 heavy (non-hydrogen) atoms. The minimum Gasteiger partial charge on any atom is -0.508 e. The Bertz CT molecular complexity index is 543. The van der Waals surface area contributed by atoms with Gasteiger partial charge < -0.3 is 10.4 Å². The molecular weight excluding hydrogens is 248 g/mol. The van der Waals surface area contributed by atoms with Crippen molar-refractivity contribution < 1.29 is 5.11 Å². The van der Waals surface area contributed by atoms with Crippen LogP contribution in [0.25, 0.3) is 0 Å². The first-order chi connectivity index (χ1) is 8.66. The first kappa shape index (κ1) is 12.9. The van der Waals surface area contributed by atoms with Crippen molar-refractivity contribution in [2.75, 3.05) is 0 Å². The maximum atomic E-state index is 9.67. The summed E-state index contributed by atoms with van der Waals surface area (Å²) in [5.74, 6) is 0.254. The lowest BCUT2D eigenvalue weighted by molar-refractivity contribution is 0.464. The number of nitrogens with zero attached hydrogens (tertiary/aromatic N) is 1. The van der Waals surface area contributed by atoms with Crippen molar-refractivity contribution in [2.24, 2.45) is 0 Å². The molecule has 0 spiro atoms. The van der Waals surface area contributed by atoms with Crippen molar-refractivity contribution in [1.29, 1.82) is 0 Å². The van der Waals surface area contributed by atoms with E-state index in [1.807, 2.05) is 19.1 Å². The van der Waals surface area contributed by atoms with Crippen LogP contribution in [0.5, 0.6) is 5.75 Å². The van der Waals surface area contributed by atoms with Gasteiger partial charge in [-0.1, -0.05) is 17.7 Å². The Balaban J connectivity index is 1.96. The molecule has 0 atom stereocenters. The summed E-state index contributed by atoms with van der Waals surface area (Å²) in [6.07, 6.45) is 1.78. The van der Waals surface area contributed by atoms with Crippen LogP contribution in [0.3, 0.4) is 0 Å². The van der Waals surface area contributed by atoms with Crippen LogP contribution in [0.2, 0.25) is 5.02 Å². The molecular formula is C14H15ClN2O. The fourth-order valence-electron chi connectivity index (χ4n) is 1.71. The van der Waals surface area contributed by atoms with Crippen LogP contribution in [-0.2, 0) is 13.1 Å². The summed E-state index contributed by atoms with van der Waals surface area (Å²) in [6, 6.07) is 8.98. The number of hydrogen-bond donors (Lipinski definition) is 2. The molecule has 0 aliphatic carbocycles. The number of hydrogen-bond acceptors (Lipinski definition) is 3. The molecule has 2 N–H and O–H groups in total. The van der Waals surface area contributed by atoms with Gasteiger partial charge in [0.25, 0.3) is 0 Å². The van der Waals surface area contributed by atoms with E-state index in [1.54, 1.807) is 24.4 Å². The molecule has 4 heteroatoms. The number of pyridine rings is 1. The zero-order valence-corrected chi connectivity index (χ0v) is 10.9. The van der Waals surface area contributed by atoms with Crippen LogP contribution >= 0.6 is 11.6 Å². The molecule has 0 fully saturated rings. The number of benzene rings is 1. The third-order valence-electron chi connectivity index (χ3n) is 2.77. The first-order valence-corrected chi connectivity index (χ1v) is 6.13. The van der Waals surface area contributed by atoms with E-state index in [0.29, 0.717) is 18.1 Å². The summed E-state index contributed by atoms with van der Waals surface area (Å²) >= 11 is 5.89. The highest BCUT2D eigenvalue weighted by atomic mass is 35.5. The zero-order chi connectivity index (χ0) is 13.0. The van der Waals surface area contributed by atoms with Crippen LogP contribution < -0.4 is 5.32 Å². The van der Waals surface area contributed by atoms with Gasteiger partial charge in [-0.05, 0) is 36.8 Å². The molecule has 0 saturated carbocycles. The van der Waals surface area contributed by atoms with Gasteiger partial charge in [-0.25, -0.2) is 0 Å². The van der Waals surface area contributed by atoms with Crippen LogP contribution in [0.15, 0.2) is 36.5 Å². The Hall–Kier alpha value is -1.58. The average Bonchev–Trinajstić information content (AvgIpc) is 2.36. The summed E-state index contributed by atoms with van der Waals surface area (Å²) < 4.78 is 0. The van der Waals surface area contributed by atoms with E-state index in [9.17, 15) is 5.11 Å². The summed E-state index contributed by atoms with van der Waals surface area (Å²) in [5.41, 5.74) is 2.95. The van der Waals surface area contributed by atoms with Crippen molar-refractivity contribution in [3.63, 3.8) is 0 Å². The number of nitrogens with one attached hydrogen (secondary N) is 1. The molecule has 0 saturated heterocycles. The fraction of sp³-hybridized carbons (Fsp3) is 0.214. The SMILES string of the molecule is Cc1cccnc1CNCc1cc(Cl)ccc1O. The number of phenols is 1. The van der Waals surface area contributed by atoms with E-state index < -0.39 is 0 Å². The lowest BCUT2D eigenvalue weighted by Gasteiger charge is -2.08. The Labute approximate surface area is 111 Å². The fourth-order valence-corrected chi connectivity index (χ4v) is 1.91. The lowest BCUT2D eigenvalue weighted by Crippen LogP contribution is -2.14. The number of phenolic OH excluding ortho intramolecular Hbond substituents is 1. The Morgan fingerprint density at radius 3 is 2.89 bits per heavy atom. The molecule has 1 heterocycles. The van der Waals surface area contributed by atoms with E-state index in [2.05, 4.69) is 10.3 Å². The van der Waals surface area contributed by atoms with E-state index >= 15 is 0 Å². The van der Waals surface area contributed by atoms with Crippen molar-refractivity contribution in [3.05, 3.63) is 58.4 Å². The Morgan fingerprint density at radius 2 is 2.11 bits per heavy atom. The topological polar surface area (TPSA) is 45.2 Å². The highest BCUT2D eigenvalue weighted by Gasteiger charge is 2.03. The Morgan fingerprint density at radius 1 is 1.28 bits per heavy atom. The van der Waals surface area contributed by atoms with E-state index in [0.717, 1.165) is 16.8 Å². The quantitative estimate of drug-likeness (QED) is 0.890.